The number of nitrogens with zero attached hydrogens (tertiary/aromatic N) is 1. The van der Waals surface area contributed by atoms with Gasteiger partial charge in [0.25, 0.3) is 5.91 Å². The van der Waals surface area contributed by atoms with Gasteiger partial charge in [0, 0.05) is 11.6 Å². The number of hydrogen-bond acceptors (Lipinski definition) is 2. The number of halogens is 2. The van der Waals surface area contributed by atoms with Crippen LogP contribution in [-0.2, 0) is 16.1 Å². The van der Waals surface area contributed by atoms with Gasteiger partial charge in [-0.25, -0.2) is 4.39 Å². The summed E-state index contributed by atoms with van der Waals surface area (Å²) in [4.78, 5) is 14.0. The summed E-state index contributed by atoms with van der Waals surface area (Å²) in [6.45, 7) is 4.40. The highest BCUT2D eigenvalue weighted by Crippen LogP contribution is 2.33. The molecule has 23 heavy (non-hydrogen) atoms. The molecule has 3 nitrogen and oxygen atoms in total. The standard InChI is InChI=1S/C18H17ClFNO2/c1-11(2)21-17-8-13(12-5-6-16(20)15(19)7-12)3-4-14(17)9-23-10-18(21)22/h3-8,11H,9-10H2,1-2H3. The Morgan fingerprint density at radius 2 is 1.83 bits per heavy atom. The van der Waals surface area contributed by atoms with Gasteiger partial charge in [-0.2, -0.15) is 0 Å². The first-order valence-electron chi connectivity index (χ1n) is 7.45. The minimum Gasteiger partial charge on any atom is -0.367 e. The Bertz CT molecular complexity index is 761. The second-order valence-electron chi connectivity index (χ2n) is 5.82. The average Bonchev–Trinajstić information content (AvgIpc) is 2.67. The van der Waals surface area contributed by atoms with Gasteiger partial charge in [-0.15, -0.1) is 0 Å². The molecule has 0 saturated heterocycles. The Hall–Kier alpha value is -1.91. The van der Waals surface area contributed by atoms with Gasteiger partial charge in [-0.3, -0.25) is 4.79 Å². The summed E-state index contributed by atoms with van der Waals surface area (Å²) in [5.74, 6) is -0.509. The van der Waals surface area contributed by atoms with Gasteiger partial charge < -0.3 is 9.64 Å². The third-order valence-electron chi connectivity index (χ3n) is 3.87. The highest BCUT2D eigenvalue weighted by atomic mass is 35.5. The van der Waals surface area contributed by atoms with Crippen LogP contribution >= 0.6 is 11.6 Å². The molecule has 0 aliphatic carbocycles. The molecule has 3 rings (SSSR count). The molecule has 1 heterocycles. The Labute approximate surface area is 139 Å². The van der Waals surface area contributed by atoms with Crippen LogP contribution in [0.3, 0.4) is 0 Å². The van der Waals surface area contributed by atoms with Crippen molar-refractivity contribution in [2.24, 2.45) is 0 Å². The van der Waals surface area contributed by atoms with E-state index >= 15 is 0 Å². The van der Waals surface area contributed by atoms with Crippen LogP contribution in [0.5, 0.6) is 0 Å². The van der Waals surface area contributed by atoms with Gasteiger partial charge in [0.05, 0.1) is 17.3 Å². The van der Waals surface area contributed by atoms with Crippen molar-refractivity contribution in [2.75, 3.05) is 11.5 Å². The summed E-state index contributed by atoms with van der Waals surface area (Å²) in [5, 5.41) is 0.0811. The fraction of sp³-hybridized carbons (Fsp3) is 0.278. The highest BCUT2D eigenvalue weighted by molar-refractivity contribution is 6.31. The molecule has 0 aromatic heterocycles. The number of fused-ring (bicyclic) bond motifs is 1. The fourth-order valence-corrected chi connectivity index (χ4v) is 2.96. The van der Waals surface area contributed by atoms with Crippen LogP contribution in [0.2, 0.25) is 5.02 Å². The molecule has 120 valence electrons. The van der Waals surface area contributed by atoms with E-state index < -0.39 is 5.82 Å². The first-order valence-corrected chi connectivity index (χ1v) is 7.83. The van der Waals surface area contributed by atoms with E-state index in [1.54, 1.807) is 17.0 Å². The van der Waals surface area contributed by atoms with Gasteiger partial charge in [-0.1, -0.05) is 29.8 Å². The minimum atomic E-state index is -0.447. The maximum Gasteiger partial charge on any atom is 0.253 e. The quantitative estimate of drug-likeness (QED) is 0.814. The zero-order chi connectivity index (χ0) is 16.6. The second-order valence-corrected chi connectivity index (χ2v) is 6.23. The Morgan fingerprint density at radius 3 is 2.52 bits per heavy atom. The molecule has 0 unspecified atom stereocenters. The number of carbonyl (C=O) groups excluding carboxylic acids is 1. The van der Waals surface area contributed by atoms with E-state index in [9.17, 15) is 9.18 Å². The zero-order valence-electron chi connectivity index (χ0n) is 13.0. The van der Waals surface area contributed by atoms with Crippen molar-refractivity contribution >= 4 is 23.2 Å². The molecule has 0 bridgehead atoms. The van der Waals surface area contributed by atoms with E-state index in [1.807, 2.05) is 32.0 Å². The van der Waals surface area contributed by atoms with E-state index in [-0.39, 0.29) is 23.6 Å². The third kappa shape index (κ3) is 3.09. The van der Waals surface area contributed by atoms with Crippen molar-refractivity contribution < 1.29 is 13.9 Å². The van der Waals surface area contributed by atoms with Gasteiger partial charge in [-0.05, 0) is 43.2 Å². The molecule has 0 radical (unpaired) electrons. The lowest BCUT2D eigenvalue weighted by atomic mass is 10.0. The van der Waals surface area contributed by atoms with E-state index in [0.29, 0.717) is 6.61 Å². The zero-order valence-corrected chi connectivity index (χ0v) is 13.7. The molecular formula is C18H17ClFNO2. The largest absolute Gasteiger partial charge is 0.367 e. The number of ether oxygens (including phenoxy) is 1. The van der Waals surface area contributed by atoms with Gasteiger partial charge in [0.2, 0.25) is 0 Å². The van der Waals surface area contributed by atoms with Crippen molar-refractivity contribution in [1.82, 2.24) is 0 Å². The molecule has 0 saturated carbocycles. The van der Waals surface area contributed by atoms with Crippen molar-refractivity contribution in [1.29, 1.82) is 0 Å². The van der Waals surface area contributed by atoms with Crippen LogP contribution in [0.15, 0.2) is 36.4 Å². The first-order chi connectivity index (χ1) is 11.0. The van der Waals surface area contributed by atoms with Crippen molar-refractivity contribution in [2.45, 2.75) is 26.5 Å². The molecule has 1 aliphatic heterocycles. The van der Waals surface area contributed by atoms with E-state index in [0.717, 1.165) is 22.4 Å². The summed E-state index contributed by atoms with van der Waals surface area (Å²) in [7, 11) is 0. The number of benzene rings is 2. The van der Waals surface area contributed by atoms with Crippen LogP contribution in [0.4, 0.5) is 10.1 Å². The third-order valence-corrected chi connectivity index (χ3v) is 4.16. The number of carbonyl (C=O) groups is 1. The Kier molecular flexibility index (Phi) is 4.37. The monoisotopic (exact) mass is 333 g/mol. The number of anilines is 1. The van der Waals surface area contributed by atoms with Gasteiger partial charge in [0.15, 0.2) is 0 Å². The maximum atomic E-state index is 13.4. The normalized spacial score (nSPS) is 14.8. The number of hydrogen-bond donors (Lipinski definition) is 0. The Balaban J connectivity index is 2.11. The molecule has 5 heteroatoms. The minimum absolute atomic E-state index is 0.0232. The first kappa shape index (κ1) is 16.0. The predicted molar refractivity (Wildman–Crippen MR) is 89.1 cm³/mol. The molecule has 2 aromatic rings. The summed E-state index contributed by atoms with van der Waals surface area (Å²) < 4.78 is 18.8. The van der Waals surface area contributed by atoms with Crippen LogP contribution in [0.1, 0.15) is 19.4 Å². The lowest BCUT2D eigenvalue weighted by Gasteiger charge is -2.27. The highest BCUT2D eigenvalue weighted by Gasteiger charge is 2.25. The van der Waals surface area contributed by atoms with Crippen LogP contribution in [-0.4, -0.2) is 18.6 Å². The molecule has 1 amide bonds. The van der Waals surface area contributed by atoms with Gasteiger partial charge >= 0.3 is 0 Å². The summed E-state index contributed by atoms with van der Waals surface area (Å²) >= 11 is 5.88. The summed E-state index contributed by atoms with van der Waals surface area (Å²) in [6, 6.07) is 10.4. The van der Waals surface area contributed by atoms with Crippen molar-refractivity contribution in [3.8, 4) is 11.1 Å². The number of amides is 1. The number of rotatable bonds is 2. The van der Waals surface area contributed by atoms with Gasteiger partial charge in [0.1, 0.15) is 12.4 Å². The van der Waals surface area contributed by atoms with Crippen molar-refractivity contribution in [3.63, 3.8) is 0 Å². The Morgan fingerprint density at radius 1 is 1.13 bits per heavy atom. The summed E-state index contributed by atoms with van der Waals surface area (Å²) in [6.07, 6.45) is 0. The van der Waals surface area contributed by atoms with E-state index in [4.69, 9.17) is 16.3 Å². The molecule has 0 spiro atoms. The van der Waals surface area contributed by atoms with Crippen LogP contribution in [0.25, 0.3) is 11.1 Å². The maximum absolute atomic E-state index is 13.4. The second kappa shape index (κ2) is 6.30. The molecule has 2 aromatic carbocycles. The summed E-state index contributed by atoms with van der Waals surface area (Å²) in [5.41, 5.74) is 3.48. The molecule has 0 fully saturated rings. The van der Waals surface area contributed by atoms with Crippen LogP contribution in [0, 0.1) is 5.82 Å². The molecular weight excluding hydrogens is 317 g/mol. The smallest absolute Gasteiger partial charge is 0.253 e. The lowest BCUT2D eigenvalue weighted by Crippen LogP contribution is -2.38. The average molecular weight is 334 g/mol. The predicted octanol–water partition coefficient (Wildman–Crippen LogP) is 4.42. The fourth-order valence-electron chi connectivity index (χ4n) is 2.78. The lowest BCUT2D eigenvalue weighted by molar-refractivity contribution is -0.123. The van der Waals surface area contributed by atoms with E-state index in [1.165, 1.54) is 6.07 Å². The molecule has 0 atom stereocenters. The van der Waals surface area contributed by atoms with E-state index in [2.05, 4.69) is 0 Å². The molecule has 0 N–H and O–H groups in total. The van der Waals surface area contributed by atoms with Crippen molar-refractivity contribution in [3.05, 3.63) is 52.8 Å². The molecule has 1 aliphatic rings. The SMILES string of the molecule is CC(C)N1C(=O)COCc2ccc(-c3ccc(F)c(Cl)c3)cc21. The topological polar surface area (TPSA) is 29.5 Å². The van der Waals surface area contributed by atoms with Crippen LogP contribution < -0.4 is 4.90 Å².